The first-order valence-corrected chi connectivity index (χ1v) is 9.24. The maximum Gasteiger partial charge on any atom is 0.277 e. The Morgan fingerprint density at radius 2 is 2.11 bits per heavy atom. The molecule has 1 N–H and O–H groups in total. The molecule has 0 radical (unpaired) electrons. The van der Waals surface area contributed by atoms with E-state index in [1.165, 1.54) is 12.1 Å². The van der Waals surface area contributed by atoms with Crippen LogP contribution in [0.15, 0.2) is 46.0 Å². The minimum absolute atomic E-state index is 0.0127. The standard InChI is InChI=1S/C18H11ClFN3O3S/c19-12-7-14-9(6-16(25)21-14)5-11(12)15(24)8-27-18-23-22-17(26-18)10-3-1-2-4-13(10)20/h1-5,7H,6,8H2,(H,21,25). The smallest absolute Gasteiger partial charge is 0.277 e. The summed E-state index contributed by atoms with van der Waals surface area (Å²) in [6.45, 7) is 0. The van der Waals surface area contributed by atoms with Gasteiger partial charge in [0.1, 0.15) is 5.82 Å². The fourth-order valence-electron chi connectivity index (χ4n) is 2.68. The summed E-state index contributed by atoms with van der Waals surface area (Å²) in [5.41, 5.74) is 1.88. The lowest BCUT2D eigenvalue weighted by atomic mass is 10.1. The predicted molar refractivity (Wildman–Crippen MR) is 98.5 cm³/mol. The number of carbonyl (C=O) groups excluding carboxylic acids is 2. The second-order valence-electron chi connectivity index (χ2n) is 5.78. The Morgan fingerprint density at radius 3 is 2.93 bits per heavy atom. The molecule has 136 valence electrons. The van der Waals surface area contributed by atoms with Gasteiger partial charge < -0.3 is 9.73 Å². The average Bonchev–Trinajstić information content (AvgIpc) is 3.24. The van der Waals surface area contributed by atoms with Crippen LogP contribution in [0, 0.1) is 5.82 Å². The second-order valence-corrected chi connectivity index (χ2v) is 7.11. The number of anilines is 1. The number of hydrogen-bond donors (Lipinski definition) is 1. The summed E-state index contributed by atoms with van der Waals surface area (Å²) in [5, 5.41) is 10.7. The van der Waals surface area contributed by atoms with Gasteiger partial charge in [0.05, 0.1) is 22.8 Å². The van der Waals surface area contributed by atoms with Gasteiger partial charge in [-0.25, -0.2) is 4.39 Å². The van der Waals surface area contributed by atoms with Gasteiger partial charge in [0.2, 0.25) is 5.91 Å². The Hall–Kier alpha value is -2.71. The van der Waals surface area contributed by atoms with Gasteiger partial charge in [0, 0.05) is 11.3 Å². The number of ketones is 1. The van der Waals surface area contributed by atoms with E-state index in [9.17, 15) is 14.0 Å². The Balaban J connectivity index is 1.47. The summed E-state index contributed by atoms with van der Waals surface area (Å²) in [6.07, 6.45) is 0.218. The molecule has 0 aliphatic carbocycles. The highest BCUT2D eigenvalue weighted by molar-refractivity contribution is 7.99. The SMILES string of the molecule is O=C1Cc2cc(C(=O)CSc3nnc(-c4ccccc4F)o3)c(Cl)cc2N1. The summed E-state index contributed by atoms with van der Waals surface area (Å²) in [7, 11) is 0. The Labute approximate surface area is 162 Å². The molecule has 1 aliphatic heterocycles. The van der Waals surface area contributed by atoms with Crippen molar-refractivity contribution in [1.29, 1.82) is 0 Å². The maximum absolute atomic E-state index is 13.8. The lowest BCUT2D eigenvalue weighted by molar-refractivity contribution is -0.115. The number of nitrogens with one attached hydrogen (secondary N) is 1. The molecule has 0 spiro atoms. The summed E-state index contributed by atoms with van der Waals surface area (Å²) < 4.78 is 19.2. The first kappa shape index (κ1) is 17.7. The van der Waals surface area contributed by atoms with Gasteiger partial charge in [-0.1, -0.05) is 35.5 Å². The number of carbonyl (C=O) groups is 2. The van der Waals surface area contributed by atoms with Crippen molar-refractivity contribution in [2.24, 2.45) is 0 Å². The molecule has 0 unspecified atom stereocenters. The predicted octanol–water partition coefficient (Wildman–Crippen LogP) is 4.00. The monoisotopic (exact) mass is 403 g/mol. The zero-order valence-corrected chi connectivity index (χ0v) is 15.2. The topological polar surface area (TPSA) is 85.1 Å². The second kappa shape index (κ2) is 7.13. The van der Waals surface area contributed by atoms with Crippen molar-refractivity contribution in [3.8, 4) is 11.5 Å². The molecule has 3 aromatic rings. The van der Waals surface area contributed by atoms with E-state index < -0.39 is 5.82 Å². The molecule has 1 aromatic heterocycles. The van der Waals surface area contributed by atoms with E-state index >= 15 is 0 Å². The molecule has 4 rings (SSSR count). The zero-order valence-electron chi connectivity index (χ0n) is 13.7. The minimum atomic E-state index is -0.471. The van der Waals surface area contributed by atoms with Gasteiger partial charge in [-0.3, -0.25) is 9.59 Å². The number of fused-ring (bicyclic) bond motifs is 1. The van der Waals surface area contributed by atoms with Crippen LogP contribution in [0.4, 0.5) is 10.1 Å². The lowest BCUT2D eigenvalue weighted by Gasteiger charge is -2.06. The summed E-state index contributed by atoms with van der Waals surface area (Å²) >= 11 is 7.19. The largest absolute Gasteiger partial charge is 0.411 e. The highest BCUT2D eigenvalue weighted by Crippen LogP contribution is 2.31. The molecule has 27 heavy (non-hydrogen) atoms. The Morgan fingerprint density at radius 1 is 1.30 bits per heavy atom. The number of aromatic nitrogens is 2. The summed E-state index contributed by atoms with van der Waals surface area (Å²) in [6, 6.07) is 9.24. The van der Waals surface area contributed by atoms with E-state index in [1.54, 1.807) is 24.3 Å². The number of thioether (sulfide) groups is 1. The molecule has 6 nitrogen and oxygen atoms in total. The fourth-order valence-corrected chi connectivity index (χ4v) is 3.59. The van der Waals surface area contributed by atoms with Crippen molar-refractivity contribution in [3.05, 3.63) is 58.4 Å². The van der Waals surface area contributed by atoms with Crippen molar-refractivity contribution in [2.75, 3.05) is 11.1 Å². The van der Waals surface area contributed by atoms with Gasteiger partial charge in [-0.05, 0) is 29.8 Å². The van der Waals surface area contributed by atoms with Crippen LogP contribution in [-0.2, 0) is 11.2 Å². The molecule has 0 fully saturated rings. The molecule has 2 aromatic carbocycles. The molecular weight excluding hydrogens is 393 g/mol. The number of benzene rings is 2. The fraction of sp³-hybridized carbons (Fsp3) is 0.111. The number of hydrogen-bond acceptors (Lipinski definition) is 6. The molecule has 1 amide bonds. The van der Waals surface area contributed by atoms with E-state index in [4.69, 9.17) is 16.0 Å². The summed E-state index contributed by atoms with van der Waals surface area (Å²) in [4.78, 5) is 23.9. The van der Waals surface area contributed by atoms with Crippen LogP contribution < -0.4 is 5.32 Å². The van der Waals surface area contributed by atoms with Gasteiger partial charge in [0.25, 0.3) is 11.1 Å². The first-order chi connectivity index (χ1) is 13.0. The van der Waals surface area contributed by atoms with Crippen LogP contribution in [0.3, 0.4) is 0 Å². The number of rotatable bonds is 5. The number of Topliss-reactive ketones (excluding diaryl/α,β-unsaturated/α-hetero) is 1. The van der Waals surface area contributed by atoms with Crippen molar-refractivity contribution in [3.63, 3.8) is 0 Å². The quantitative estimate of drug-likeness (QED) is 0.512. The van der Waals surface area contributed by atoms with Crippen LogP contribution in [0.25, 0.3) is 11.5 Å². The van der Waals surface area contributed by atoms with Gasteiger partial charge in [-0.2, -0.15) is 0 Å². The van der Waals surface area contributed by atoms with Crippen LogP contribution >= 0.6 is 23.4 Å². The number of halogens is 2. The molecule has 0 bridgehead atoms. The van der Waals surface area contributed by atoms with Gasteiger partial charge in [-0.15, -0.1) is 10.2 Å². The molecule has 0 saturated heterocycles. The van der Waals surface area contributed by atoms with Crippen LogP contribution in [0.5, 0.6) is 0 Å². The Bertz CT molecular complexity index is 1070. The highest BCUT2D eigenvalue weighted by Gasteiger charge is 2.22. The third-order valence-electron chi connectivity index (χ3n) is 3.96. The zero-order chi connectivity index (χ0) is 19.0. The number of nitrogens with zero attached hydrogens (tertiary/aromatic N) is 2. The lowest BCUT2D eigenvalue weighted by Crippen LogP contribution is -2.04. The molecule has 0 atom stereocenters. The molecule has 0 saturated carbocycles. The van der Waals surface area contributed by atoms with Crippen LogP contribution in [-0.4, -0.2) is 27.6 Å². The van der Waals surface area contributed by atoms with E-state index in [1.807, 2.05) is 0 Å². The number of amides is 1. The minimum Gasteiger partial charge on any atom is -0.411 e. The van der Waals surface area contributed by atoms with Crippen molar-refractivity contribution in [2.45, 2.75) is 11.6 Å². The third-order valence-corrected chi connectivity index (χ3v) is 5.09. The maximum atomic E-state index is 13.8. The normalized spacial score (nSPS) is 12.7. The highest BCUT2D eigenvalue weighted by atomic mass is 35.5. The van der Waals surface area contributed by atoms with E-state index in [2.05, 4.69) is 15.5 Å². The molecular formula is C18H11ClFN3O3S. The third kappa shape index (κ3) is 3.58. The van der Waals surface area contributed by atoms with Gasteiger partial charge in [0.15, 0.2) is 5.78 Å². The van der Waals surface area contributed by atoms with Crippen LogP contribution in [0.2, 0.25) is 5.02 Å². The van der Waals surface area contributed by atoms with E-state index in [0.717, 1.165) is 17.3 Å². The van der Waals surface area contributed by atoms with Crippen molar-refractivity contribution in [1.82, 2.24) is 10.2 Å². The Kier molecular flexibility index (Phi) is 4.67. The van der Waals surface area contributed by atoms with Gasteiger partial charge >= 0.3 is 0 Å². The summed E-state index contributed by atoms with van der Waals surface area (Å²) in [5.74, 6) is -0.784. The first-order valence-electron chi connectivity index (χ1n) is 7.88. The van der Waals surface area contributed by atoms with Crippen molar-refractivity contribution >= 4 is 40.7 Å². The van der Waals surface area contributed by atoms with Crippen LogP contribution in [0.1, 0.15) is 15.9 Å². The molecule has 2 heterocycles. The molecule has 1 aliphatic rings. The van der Waals surface area contributed by atoms with E-state index in [0.29, 0.717) is 11.3 Å². The van der Waals surface area contributed by atoms with Crippen molar-refractivity contribution < 1.29 is 18.4 Å². The average molecular weight is 404 g/mol. The molecule has 9 heteroatoms. The van der Waals surface area contributed by atoms with E-state index in [-0.39, 0.29) is 45.6 Å².